The molecule has 2 aliphatic heterocycles. The monoisotopic (exact) mass is 589 g/mol. The van der Waals surface area contributed by atoms with Crippen molar-refractivity contribution in [3.8, 4) is 56.5 Å². The highest BCUT2D eigenvalue weighted by atomic mass is 15.0. The summed E-state index contributed by atoms with van der Waals surface area (Å²) in [5.74, 6) is 1.86. The van der Waals surface area contributed by atoms with E-state index in [2.05, 4.69) is 88.8 Å². The molecule has 46 heavy (non-hydrogen) atoms. The second-order valence-electron chi connectivity index (χ2n) is 11.5. The molecule has 5 heterocycles. The van der Waals surface area contributed by atoms with Crippen LogP contribution in [0, 0.1) is 0 Å². The summed E-state index contributed by atoms with van der Waals surface area (Å²) in [5.41, 5.74) is 9.81. The van der Waals surface area contributed by atoms with Gasteiger partial charge in [0, 0.05) is 49.4 Å². The molecule has 7 heteroatoms. The molecule has 0 aliphatic carbocycles. The molecule has 0 saturated heterocycles. The number of aromatic amines is 2. The fourth-order valence-electron chi connectivity index (χ4n) is 6.74. The highest BCUT2D eigenvalue weighted by molar-refractivity contribution is 6.13. The van der Waals surface area contributed by atoms with Crippen LogP contribution in [0.15, 0.2) is 127 Å². The Bertz CT molecular complexity index is 2700. The Morgan fingerprint density at radius 3 is 1.39 bits per heavy atom. The molecule has 8 bridgehead atoms. The van der Waals surface area contributed by atoms with Gasteiger partial charge in [-0.3, -0.25) is 0 Å². The van der Waals surface area contributed by atoms with Crippen molar-refractivity contribution in [3.05, 3.63) is 127 Å². The highest BCUT2D eigenvalue weighted by Gasteiger charge is 2.24. The first kappa shape index (κ1) is 24.9. The lowest BCUT2D eigenvalue weighted by Gasteiger charge is -2.07. The van der Waals surface area contributed by atoms with Crippen LogP contribution in [0.4, 0.5) is 0 Å². The van der Waals surface area contributed by atoms with E-state index in [1.165, 1.54) is 0 Å². The van der Waals surface area contributed by atoms with Gasteiger partial charge in [-0.2, -0.15) is 0 Å². The van der Waals surface area contributed by atoms with Gasteiger partial charge in [-0.25, -0.2) is 24.9 Å². The fraction of sp³-hybridized carbons (Fsp3) is 0. The number of benzene rings is 5. The zero-order valence-electron chi connectivity index (χ0n) is 24.4. The predicted octanol–water partition coefficient (Wildman–Crippen LogP) is 9.14. The van der Waals surface area contributed by atoms with Crippen molar-refractivity contribution in [3.63, 3.8) is 0 Å². The molecule has 0 atom stereocenters. The van der Waals surface area contributed by atoms with Gasteiger partial charge in [0.05, 0.1) is 11.2 Å². The molecular formula is C39H23N7. The summed E-state index contributed by atoms with van der Waals surface area (Å²) in [6.45, 7) is 0. The van der Waals surface area contributed by atoms with Gasteiger partial charge in [0.1, 0.15) is 16.9 Å². The van der Waals surface area contributed by atoms with E-state index in [0.717, 1.165) is 71.8 Å². The number of H-pyrrole nitrogens is 2. The quantitative estimate of drug-likeness (QED) is 0.199. The molecule has 0 spiro atoms. The smallest absolute Gasteiger partial charge is 0.164 e. The van der Waals surface area contributed by atoms with Crippen molar-refractivity contribution >= 4 is 44.0 Å². The van der Waals surface area contributed by atoms with E-state index < -0.39 is 0 Å². The molecule has 7 nitrogen and oxygen atoms in total. The second-order valence-corrected chi connectivity index (χ2v) is 11.5. The maximum Gasteiger partial charge on any atom is 0.164 e. The van der Waals surface area contributed by atoms with E-state index in [9.17, 15) is 0 Å². The van der Waals surface area contributed by atoms with Crippen LogP contribution in [-0.4, -0.2) is 34.9 Å². The first-order valence-electron chi connectivity index (χ1n) is 15.2. The van der Waals surface area contributed by atoms with Crippen molar-refractivity contribution < 1.29 is 0 Å². The SMILES string of the molecule is c1ccc(-c2c3nc(nc4[nH]c(nc5nc(nc6[nH]c2c2ccccc62)-c2ccccc2-5)c2ccccc42)-c2ccccc2-3)cc1. The van der Waals surface area contributed by atoms with Gasteiger partial charge in [-0.1, -0.05) is 127 Å². The standard InChI is InChI=1S/C39H23N7/c1-2-12-22(13-3-1)31-32-23-14-4-6-16-25(23)34(40-32)42-36-27-18-8-10-20-29(27)38(44-36)46-39-30-21-11-9-19-28(30)37(45-39)43-35-26-17-7-5-15-24(26)33(31)41-35/h1-21H,(H2,40,41,42,43,44,45,46). The van der Waals surface area contributed by atoms with Gasteiger partial charge in [0.25, 0.3) is 0 Å². The molecule has 2 N–H and O–H groups in total. The van der Waals surface area contributed by atoms with Crippen LogP contribution in [-0.2, 0) is 0 Å². The molecule has 5 aromatic carbocycles. The number of hydrogen-bond acceptors (Lipinski definition) is 5. The number of nitrogens with one attached hydrogen (secondary N) is 2. The zero-order chi connectivity index (χ0) is 30.2. The van der Waals surface area contributed by atoms with Crippen LogP contribution in [0.5, 0.6) is 0 Å². The maximum atomic E-state index is 5.30. The van der Waals surface area contributed by atoms with Gasteiger partial charge in [0.15, 0.2) is 17.5 Å². The Balaban J connectivity index is 1.48. The molecule has 0 saturated carbocycles. The van der Waals surface area contributed by atoms with E-state index in [1.54, 1.807) is 0 Å². The summed E-state index contributed by atoms with van der Waals surface area (Å²) in [4.78, 5) is 33.0. The third-order valence-corrected chi connectivity index (χ3v) is 8.83. The lowest BCUT2D eigenvalue weighted by Crippen LogP contribution is -1.86. The molecule has 10 rings (SSSR count). The minimum Gasteiger partial charge on any atom is -0.339 e. The van der Waals surface area contributed by atoms with Crippen LogP contribution < -0.4 is 0 Å². The molecular weight excluding hydrogens is 566 g/mol. The Labute approximate surface area is 262 Å². The molecule has 3 aromatic heterocycles. The summed E-state index contributed by atoms with van der Waals surface area (Å²) in [5, 5.41) is 3.98. The molecule has 0 fully saturated rings. The third kappa shape index (κ3) is 3.63. The summed E-state index contributed by atoms with van der Waals surface area (Å²) in [6, 6.07) is 43.4. The van der Waals surface area contributed by atoms with E-state index in [0.29, 0.717) is 28.8 Å². The van der Waals surface area contributed by atoms with Crippen molar-refractivity contribution in [1.29, 1.82) is 0 Å². The molecule has 8 aromatic rings. The van der Waals surface area contributed by atoms with Crippen molar-refractivity contribution in [2.75, 3.05) is 0 Å². The summed E-state index contributed by atoms with van der Waals surface area (Å²) < 4.78 is 0. The summed E-state index contributed by atoms with van der Waals surface area (Å²) in [7, 11) is 0. The van der Waals surface area contributed by atoms with Crippen LogP contribution in [0.2, 0.25) is 0 Å². The Morgan fingerprint density at radius 2 is 0.783 bits per heavy atom. The molecule has 0 radical (unpaired) electrons. The van der Waals surface area contributed by atoms with Crippen LogP contribution in [0.3, 0.4) is 0 Å². The van der Waals surface area contributed by atoms with Gasteiger partial charge < -0.3 is 9.97 Å². The van der Waals surface area contributed by atoms with Gasteiger partial charge in [-0.05, 0) is 5.56 Å². The Hall–Kier alpha value is -6.47. The number of fused-ring (bicyclic) bond motifs is 20. The molecule has 214 valence electrons. The predicted molar refractivity (Wildman–Crippen MR) is 184 cm³/mol. The fourth-order valence-corrected chi connectivity index (χ4v) is 6.74. The van der Waals surface area contributed by atoms with E-state index in [4.69, 9.17) is 24.9 Å². The number of hydrogen-bond donors (Lipinski definition) is 2. The zero-order valence-corrected chi connectivity index (χ0v) is 24.4. The minimum atomic E-state index is 0.604. The summed E-state index contributed by atoms with van der Waals surface area (Å²) in [6.07, 6.45) is 0. The lowest BCUT2D eigenvalue weighted by atomic mass is 9.97. The van der Waals surface area contributed by atoms with Crippen molar-refractivity contribution in [1.82, 2.24) is 34.9 Å². The van der Waals surface area contributed by atoms with E-state index >= 15 is 0 Å². The van der Waals surface area contributed by atoms with E-state index in [1.807, 2.05) is 48.5 Å². The number of aromatic nitrogens is 7. The highest BCUT2D eigenvalue weighted by Crippen LogP contribution is 2.43. The van der Waals surface area contributed by atoms with E-state index in [-0.39, 0.29) is 0 Å². The van der Waals surface area contributed by atoms with Crippen LogP contribution in [0.25, 0.3) is 101 Å². The normalized spacial score (nSPS) is 11.9. The number of rotatable bonds is 1. The van der Waals surface area contributed by atoms with Crippen LogP contribution in [0.1, 0.15) is 0 Å². The summed E-state index contributed by atoms with van der Waals surface area (Å²) >= 11 is 0. The lowest BCUT2D eigenvalue weighted by molar-refractivity contribution is 1.21. The van der Waals surface area contributed by atoms with Gasteiger partial charge >= 0.3 is 0 Å². The first-order valence-corrected chi connectivity index (χ1v) is 15.2. The molecule has 0 amide bonds. The molecule has 0 unspecified atom stereocenters. The largest absolute Gasteiger partial charge is 0.339 e. The second kappa shape index (κ2) is 9.51. The molecule has 2 aliphatic rings. The average molecular weight is 590 g/mol. The van der Waals surface area contributed by atoms with Gasteiger partial charge in [0.2, 0.25) is 0 Å². The first-order chi connectivity index (χ1) is 22.8. The maximum absolute atomic E-state index is 5.30. The Kier molecular flexibility index (Phi) is 5.15. The third-order valence-electron chi connectivity index (χ3n) is 8.83. The van der Waals surface area contributed by atoms with Gasteiger partial charge in [-0.15, -0.1) is 0 Å². The number of nitrogens with zero attached hydrogens (tertiary/aromatic N) is 5. The van der Waals surface area contributed by atoms with Crippen molar-refractivity contribution in [2.24, 2.45) is 0 Å². The minimum absolute atomic E-state index is 0.604. The van der Waals surface area contributed by atoms with Crippen LogP contribution >= 0.6 is 0 Å². The van der Waals surface area contributed by atoms with Crippen molar-refractivity contribution in [2.45, 2.75) is 0 Å². The Morgan fingerprint density at radius 1 is 0.348 bits per heavy atom. The average Bonchev–Trinajstić information content (AvgIpc) is 3.85. The topological polar surface area (TPSA) is 96.0 Å².